The number of carbonyl (C=O) groups excluding carboxylic acids is 1. The molecule has 156 valence electrons. The van der Waals surface area contributed by atoms with Crippen LogP contribution in [-0.4, -0.2) is 46.9 Å². The van der Waals surface area contributed by atoms with Crippen LogP contribution in [0.2, 0.25) is 0 Å². The number of morpholine rings is 1. The summed E-state index contributed by atoms with van der Waals surface area (Å²) in [5.41, 5.74) is 4.52. The molecule has 3 aromatic rings. The van der Waals surface area contributed by atoms with E-state index in [9.17, 15) is 4.79 Å². The van der Waals surface area contributed by atoms with Crippen molar-refractivity contribution in [3.8, 4) is 5.69 Å². The van der Waals surface area contributed by atoms with Crippen LogP contribution in [0.25, 0.3) is 5.69 Å². The lowest BCUT2D eigenvalue weighted by molar-refractivity contribution is -0.121. The third-order valence-corrected chi connectivity index (χ3v) is 5.39. The van der Waals surface area contributed by atoms with Crippen molar-refractivity contribution in [3.05, 3.63) is 83.7 Å². The Kier molecular flexibility index (Phi) is 6.90. The van der Waals surface area contributed by atoms with E-state index in [1.807, 2.05) is 53.5 Å². The fraction of sp³-hybridized carbons (Fsp3) is 0.333. The van der Waals surface area contributed by atoms with E-state index in [1.54, 1.807) is 0 Å². The third-order valence-electron chi connectivity index (χ3n) is 5.39. The zero-order chi connectivity index (χ0) is 20.6. The zero-order valence-electron chi connectivity index (χ0n) is 17.2. The highest BCUT2D eigenvalue weighted by atomic mass is 16.5. The molecule has 0 saturated carbocycles. The molecule has 1 aliphatic rings. The standard InChI is InChI=1S/C24H28N4O2/c29-24(11-10-20-16-26-28(18-20)23-8-2-1-3-9-23)25-17-21-6-4-5-7-22(21)19-27-12-14-30-15-13-27/h1-9,16,18H,10-15,17,19H2,(H,25,29). The summed E-state index contributed by atoms with van der Waals surface area (Å²) in [4.78, 5) is 14.8. The normalized spacial score (nSPS) is 14.5. The molecule has 0 radical (unpaired) electrons. The molecule has 1 fully saturated rings. The number of carbonyl (C=O) groups is 1. The van der Waals surface area contributed by atoms with Crippen LogP contribution in [0.1, 0.15) is 23.1 Å². The number of aromatic nitrogens is 2. The van der Waals surface area contributed by atoms with Crippen molar-refractivity contribution in [3.63, 3.8) is 0 Å². The molecule has 0 atom stereocenters. The van der Waals surface area contributed by atoms with Crippen molar-refractivity contribution in [1.29, 1.82) is 0 Å². The predicted octanol–water partition coefficient (Wildman–Crippen LogP) is 2.95. The summed E-state index contributed by atoms with van der Waals surface area (Å²) < 4.78 is 7.27. The molecule has 0 aliphatic carbocycles. The van der Waals surface area contributed by atoms with Crippen LogP contribution in [0.15, 0.2) is 67.0 Å². The topological polar surface area (TPSA) is 59.4 Å². The largest absolute Gasteiger partial charge is 0.379 e. The quantitative estimate of drug-likeness (QED) is 0.627. The first-order valence-corrected chi connectivity index (χ1v) is 10.5. The third kappa shape index (κ3) is 5.55. The summed E-state index contributed by atoms with van der Waals surface area (Å²) in [6, 6.07) is 18.3. The molecule has 6 nitrogen and oxygen atoms in total. The minimum Gasteiger partial charge on any atom is -0.379 e. The first kappa shape index (κ1) is 20.3. The Labute approximate surface area is 177 Å². The predicted molar refractivity (Wildman–Crippen MR) is 116 cm³/mol. The summed E-state index contributed by atoms with van der Waals surface area (Å²) in [5, 5.41) is 7.47. The van der Waals surface area contributed by atoms with Crippen molar-refractivity contribution >= 4 is 5.91 Å². The molecule has 30 heavy (non-hydrogen) atoms. The second kappa shape index (κ2) is 10.2. The minimum absolute atomic E-state index is 0.0589. The number of para-hydroxylation sites is 1. The number of nitrogens with zero attached hydrogens (tertiary/aromatic N) is 3. The molecule has 1 amide bonds. The molecular weight excluding hydrogens is 376 g/mol. The maximum atomic E-state index is 12.4. The molecule has 2 heterocycles. The maximum absolute atomic E-state index is 12.4. The van der Waals surface area contributed by atoms with Gasteiger partial charge in [-0.3, -0.25) is 9.69 Å². The Morgan fingerprint density at radius 3 is 2.53 bits per heavy atom. The Hall–Kier alpha value is -2.96. The maximum Gasteiger partial charge on any atom is 0.220 e. The van der Waals surface area contributed by atoms with Gasteiger partial charge in [0.05, 0.1) is 25.1 Å². The number of nitrogens with one attached hydrogen (secondary N) is 1. The summed E-state index contributed by atoms with van der Waals surface area (Å²) in [6.07, 6.45) is 4.94. The molecule has 1 saturated heterocycles. The smallest absolute Gasteiger partial charge is 0.220 e. The first-order valence-electron chi connectivity index (χ1n) is 10.5. The fourth-order valence-corrected chi connectivity index (χ4v) is 3.64. The average molecular weight is 405 g/mol. The van der Waals surface area contributed by atoms with E-state index in [0.717, 1.165) is 44.1 Å². The van der Waals surface area contributed by atoms with Gasteiger partial charge in [0.25, 0.3) is 0 Å². The van der Waals surface area contributed by atoms with Gasteiger partial charge < -0.3 is 10.1 Å². The molecule has 0 spiro atoms. The highest BCUT2D eigenvalue weighted by Gasteiger charge is 2.13. The summed E-state index contributed by atoms with van der Waals surface area (Å²) in [6.45, 7) is 4.95. The first-order chi connectivity index (χ1) is 14.8. The van der Waals surface area contributed by atoms with Crippen molar-refractivity contribution in [2.45, 2.75) is 25.9 Å². The van der Waals surface area contributed by atoms with E-state index in [4.69, 9.17) is 4.74 Å². The molecule has 1 aromatic heterocycles. The van der Waals surface area contributed by atoms with Gasteiger partial charge in [-0.2, -0.15) is 5.10 Å². The van der Waals surface area contributed by atoms with Gasteiger partial charge in [0.1, 0.15) is 0 Å². The van der Waals surface area contributed by atoms with Gasteiger partial charge in [0, 0.05) is 38.8 Å². The molecule has 4 rings (SSSR count). The van der Waals surface area contributed by atoms with Gasteiger partial charge in [0.15, 0.2) is 0 Å². The Morgan fingerprint density at radius 2 is 1.73 bits per heavy atom. The number of hydrogen-bond acceptors (Lipinski definition) is 4. The molecule has 2 aromatic carbocycles. The van der Waals surface area contributed by atoms with E-state index in [0.29, 0.717) is 19.4 Å². The monoisotopic (exact) mass is 404 g/mol. The number of benzene rings is 2. The Bertz CT molecular complexity index is 949. The van der Waals surface area contributed by atoms with Crippen LogP contribution in [0.4, 0.5) is 0 Å². The van der Waals surface area contributed by atoms with Crippen LogP contribution in [-0.2, 0) is 29.0 Å². The van der Waals surface area contributed by atoms with Gasteiger partial charge in [-0.15, -0.1) is 0 Å². The van der Waals surface area contributed by atoms with Gasteiger partial charge in [-0.25, -0.2) is 4.68 Å². The molecule has 1 N–H and O–H groups in total. The van der Waals surface area contributed by atoms with Gasteiger partial charge in [-0.05, 0) is 35.2 Å². The van der Waals surface area contributed by atoms with Gasteiger partial charge >= 0.3 is 0 Å². The number of hydrogen-bond donors (Lipinski definition) is 1. The number of rotatable bonds is 8. The molecule has 0 unspecified atom stereocenters. The van der Waals surface area contributed by atoms with Crippen LogP contribution in [0.5, 0.6) is 0 Å². The van der Waals surface area contributed by atoms with Crippen molar-refractivity contribution < 1.29 is 9.53 Å². The fourth-order valence-electron chi connectivity index (χ4n) is 3.64. The summed E-state index contributed by atoms with van der Waals surface area (Å²) in [7, 11) is 0. The van der Waals surface area contributed by atoms with Gasteiger partial charge in [0.2, 0.25) is 5.91 Å². The Balaban J connectivity index is 1.27. The van der Waals surface area contributed by atoms with Crippen molar-refractivity contribution in [1.82, 2.24) is 20.0 Å². The van der Waals surface area contributed by atoms with E-state index in [-0.39, 0.29) is 5.91 Å². The number of amides is 1. The van der Waals surface area contributed by atoms with Crippen LogP contribution in [0.3, 0.4) is 0 Å². The highest BCUT2D eigenvalue weighted by molar-refractivity contribution is 5.76. The summed E-state index contributed by atoms with van der Waals surface area (Å²) >= 11 is 0. The van der Waals surface area contributed by atoms with Crippen LogP contribution in [0, 0.1) is 0 Å². The van der Waals surface area contributed by atoms with E-state index in [2.05, 4.69) is 33.5 Å². The minimum atomic E-state index is 0.0589. The SMILES string of the molecule is O=C(CCc1cnn(-c2ccccc2)c1)NCc1ccccc1CN1CCOCC1. The average Bonchev–Trinajstić information content (AvgIpc) is 3.28. The van der Waals surface area contributed by atoms with Crippen molar-refractivity contribution in [2.24, 2.45) is 0 Å². The lowest BCUT2D eigenvalue weighted by Crippen LogP contribution is -2.36. The lowest BCUT2D eigenvalue weighted by Gasteiger charge is -2.27. The second-order valence-corrected chi connectivity index (χ2v) is 7.56. The highest BCUT2D eigenvalue weighted by Crippen LogP contribution is 2.13. The molecular formula is C24H28N4O2. The van der Waals surface area contributed by atoms with E-state index >= 15 is 0 Å². The lowest BCUT2D eigenvalue weighted by atomic mass is 10.1. The number of aryl methyl sites for hydroxylation is 1. The molecule has 1 aliphatic heterocycles. The molecule has 0 bridgehead atoms. The van der Waals surface area contributed by atoms with E-state index < -0.39 is 0 Å². The van der Waals surface area contributed by atoms with Crippen molar-refractivity contribution in [2.75, 3.05) is 26.3 Å². The second-order valence-electron chi connectivity index (χ2n) is 7.56. The number of ether oxygens (including phenoxy) is 1. The van der Waals surface area contributed by atoms with Crippen LogP contribution < -0.4 is 5.32 Å². The zero-order valence-corrected chi connectivity index (χ0v) is 17.2. The molecule has 6 heteroatoms. The van der Waals surface area contributed by atoms with Gasteiger partial charge in [-0.1, -0.05) is 42.5 Å². The Morgan fingerprint density at radius 1 is 1.00 bits per heavy atom. The summed E-state index contributed by atoms with van der Waals surface area (Å²) in [5.74, 6) is 0.0589. The van der Waals surface area contributed by atoms with Crippen LogP contribution >= 0.6 is 0 Å². The van der Waals surface area contributed by atoms with E-state index in [1.165, 1.54) is 11.1 Å².